The Labute approximate surface area is 301 Å². The summed E-state index contributed by atoms with van der Waals surface area (Å²) in [6.07, 6.45) is 38.5. The lowest BCUT2D eigenvalue weighted by atomic mass is 10.1. The maximum atomic E-state index is 12.5. The SMILES string of the molecule is CC/C=C\C/C=C\C/C=C\C/C=C\CCCCCCCCCOCC(COP(=O)([O-])OCC[N+](C)(C)C)OC(=O)CCCCCCCCC. The van der Waals surface area contributed by atoms with Crippen molar-refractivity contribution in [1.82, 2.24) is 0 Å². The van der Waals surface area contributed by atoms with Crippen LogP contribution in [0.15, 0.2) is 48.6 Å². The molecule has 286 valence electrons. The van der Waals surface area contributed by atoms with Crippen LogP contribution in [0, 0.1) is 0 Å². The first kappa shape index (κ1) is 47.5. The molecular formula is C40H74NO7P. The van der Waals surface area contributed by atoms with Crippen molar-refractivity contribution < 1.29 is 37.3 Å². The molecule has 0 radical (unpaired) electrons. The minimum absolute atomic E-state index is 0.0226. The van der Waals surface area contributed by atoms with Gasteiger partial charge in [-0.25, -0.2) is 0 Å². The molecule has 0 aromatic heterocycles. The fourth-order valence-electron chi connectivity index (χ4n) is 4.89. The Morgan fingerprint density at radius 1 is 0.653 bits per heavy atom. The zero-order valence-electron chi connectivity index (χ0n) is 32.1. The lowest BCUT2D eigenvalue weighted by molar-refractivity contribution is -0.870. The van der Waals surface area contributed by atoms with Crippen molar-refractivity contribution >= 4 is 13.8 Å². The highest BCUT2D eigenvalue weighted by molar-refractivity contribution is 7.45. The second kappa shape index (κ2) is 33.6. The summed E-state index contributed by atoms with van der Waals surface area (Å²) in [5, 5.41) is 0. The summed E-state index contributed by atoms with van der Waals surface area (Å²) in [4.78, 5) is 24.8. The smallest absolute Gasteiger partial charge is 0.306 e. The van der Waals surface area contributed by atoms with Crippen LogP contribution in [0.5, 0.6) is 0 Å². The zero-order chi connectivity index (χ0) is 36.3. The fourth-order valence-corrected chi connectivity index (χ4v) is 5.62. The van der Waals surface area contributed by atoms with E-state index in [4.69, 9.17) is 18.5 Å². The number of rotatable bonds is 35. The molecule has 2 unspecified atom stereocenters. The second-order valence-electron chi connectivity index (χ2n) is 13.9. The van der Waals surface area contributed by atoms with Gasteiger partial charge in [0.15, 0.2) is 0 Å². The number of unbranched alkanes of at least 4 members (excludes halogenated alkanes) is 13. The van der Waals surface area contributed by atoms with E-state index in [1.54, 1.807) is 0 Å². The molecule has 0 amide bonds. The number of esters is 1. The minimum Gasteiger partial charge on any atom is -0.756 e. The monoisotopic (exact) mass is 712 g/mol. The molecule has 0 aliphatic heterocycles. The minimum atomic E-state index is -4.51. The third kappa shape index (κ3) is 37.5. The standard InChI is InChI=1S/C40H74NO7P/c1-6-8-10-12-14-15-16-17-18-19-20-21-22-23-24-25-26-28-30-32-35-45-37-39(38-47-49(43,44)46-36-34-41(3,4)5)48-40(42)33-31-29-27-13-11-9-7-2/h8,10,14-15,17-18,20-21,39H,6-7,9,11-13,16,19,22-38H2,1-5H3/b10-8-,15-14-,18-17-,21-20-. The molecule has 0 saturated heterocycles. The molecule has 0 rings (SSSR count). The predicted molar refractivity (Wildman–Crippen MR) is 203 cm³/mol. The number of allylic oxidation sites excluding steroid dienone is 8. The second-order valence-corrected chi connectivity index (χ2v) is 15.3. The van der Waals surface area contributed by atoms with Gasteiger partial charge in [0.2, 0.25) is 0 Å². The van der Waals surface area contributed by atoms with Gasteiger partial charge < -0.3 is 27.9 Å². The molecule has 0 fully saturated rings. The molecule has 0 bridgehead atoms. The highest BCUT2D eigenvalue weighted by atomic mass is 31.2. The van der Waals surface area contributed by atoms with E-state index in [2.05, 4.69) is 62.5 Å². The Morgan fingerprint density at radius 2 is 1.18 bits per heavy atom. The van der Waals surface area contributed by atoms with Crippen molar-refractivity contribution in [1.29, 1.82) is 0 Å². The van der Waals surface area contributed by atoms with Crippen molar-refractivity contribution in [2.24, 2.45) is 0 Å². The van der Waals surface area contributed by atoms with Crippen molar-refractivity contribution in [3.8, 4) is 0 Å². The van der Waals surface area contributed by atoms with E-state index in [0.717, 1.165) is 70.6 Å². The summed E-state index contributed by atoms with van der Waals surface area (Å²) in [5.41, 5.74) is 0. The summed E-state index contributed by atoms with van der Waals surface area (Å²) in [6, 6.07) is 0. The normalized spacial score (nSPS) is 14.5. The summed E-state index contributed by atoms with van der Waals surface area (Å²) in [6.45, 7) is 5.21. The van der Waals surface area contributed by atoms with Crippen molar-refractivity contribution in [3.63, 3.8) is 0 Å². The van der Waals surface area contributed by atoms with E-state index in [9.17, 15) is 14.3 Å². The van der Waals surface area contributed by atoms with E-state index < -0.39 is 13.9 Å². The van der Waals surface area contributed by atoms with Crippen LogP contribution < -0.4 is 4.89 Å². The van der Waals surface area contributed by atoms with Crippen molar-refractivity contribution in [3.05, 3.63) is 48.6 Å². The lowest BCUT2D eigenvalue weighted by Gasteiger charge is -2.28. The maximum Gasteiger partial charge on any atom is 0.306 e. The van der Waals surface area contributed by atoms with Crippen LogP contribution in [-0.2, 0) is 27.9 Å². The Morgan fingerprint density at radius 3 is 1.78 bits per heavy atom. The molecule has 8 nitrogen and oxygen atoms in total. The molecule has 2 atom stereocenters. The van der Waals surface area contributed by atoms with Gasteiger partial charge in [0.1, 0.15) is 19.3 Å². The van der Waals surface area contributed by atoms with Gasteiger partial charge in [0.25, 0.3) is 7.82 Å². The van der Waals surface area contributed by atoms with E-state index in [1.165, 1.54) is 51.4 Å². The van der Waals surface area contributed by atoms with Gasteiger partial charge in [-0.15, -0.1) is 0 Å². The lowest BCUT2D eigenvalue weighted by Crippen LogP contribution is -2.37. The Kier molecular flexibility index (Phi) is 32.5. The fraction of sp³-hybridized carbons (Fsp3) is 0.775. The van der Waals surface area contributed by atoms with Gasteiger partial charge >= 0.3 is 5.97 Å². The van der Waals surface area contributed by atoms with E-state index in [1.807, 2.05) is 21.1 Å². The topological polar surface area (TPSA) is 94.1 Å². The van der Waals surface area contributed by atoms with Crippen LogP contribution in [0.4, 0.5) is 0 Å². The molecule has 0 spiro atoms. The molecule has 0 aliphatic rings. The first-order valence-corrected chi connectivity index (χ1v) is 20.8. The number of nitrogens with zero attached hydrogens (tertiary/aromatic N) is 1. The van der Waals surface area contributed by atoms with E-state index in [0.29, 0.717) is 24.1 Å². The largest absolute Gasteiger partial charge is 0.756 e. The van der Waals surface area contributed by atoms with Gasteiger partial charge in [0, 0.05) is 13.0 Å². The maximum absolute atomic E-state index is 12.5. The number of carbonyl (C=O) groups excluding carboxylic acids is 1. The number of hydrogen-bond acceptors (Lipinski definition) is 7. The number of ether oxygens (including phenoxy) is 2. The van der Waals surface area contributed by atoms with Gasteiger partial charge in [-0.2, -0.15) is 0 Å². The predicted octanol–water partition coefficient (Wildman–Crippen LogP) is 10.2. The summed E-state index contributed by atoms with van der Waals surface area (Å²) in [7, 11) is 1.34. The van der Waals surface area contributed by atoms with Gasteiger partial charge in [0.05, 0.1) is 34.4 Å². The number of quaternary nitrogens is 1. The Hall–Kier alpha value is -1.54. The average Bonchev–Trinajstić information content (AvgIpc) is 3.04. The number of carbonyl (C=O) groups is 1. The van der Waals surface area contributed by atoms with E-state index >= 15 is 0 Å². The van der Waals surface area contributed by atoms with Gasteiger partial charge in [-0.1, -0.05) is 133 Å². The number of phosphoric acid groups is 1. The van der Waals surface area contributed by atoms with Crippen LogP contribution in [0.3, 0.4) is 0 Å². The summed E-state index contributed by atoms with van der Waals surface area (Å²) >= 11 is 0. The van der Waals surface area contributed by atoms with Crippen LogP contribution in [0.2, 0.25) is 0 Å². The molecule has 0 saturated carbocycles. The summed E-state index contributed by atoms with van der Waals surface area (Å²) in [5.74, 6) is -0.348. The number of likely N-dealkylation sites (N-methyl/N-ethyl adjacent to an activating group) is 1. The zero-order valence-corrected chi connectivity index (χ0v) is 33.0. The van der Waals surface area contributed by atoms with Gasteiger partial charge in [-0.05, 0) is 51.4 Å². The number of hydrogen-bond donors (Lipinski definition) is 0. The van der Waals surface area contributed by atoms with Gasteiger partial charge in [-0.3, -0.25) is 9.36 Å². The molecular weight excluding hydrogens is 637 g/mol. The molecule has 0 aromatic rings. The third-order valence-corrected chi connectivity index (χ3v) is 8.86. The average molecular weight is 712 g/mol. The number of phosphoric ester groups is 1. The molecule has 9 heteroatoms. The van der Waals surface area contributed by atoms with Crippen LogP contribution in [0.25, 0.3) is 0 Å². The van der Waals surface area contributed by atoms with Crippen LogP contribution in [0.1, 0.15) is 142 Å². The Balaban J connectivity index is 4.17. The van der Waals surface area contributed by atoms with E-state index in [-0.39, 0.29) is 25.8 Å². The first-order valence-electron chi connectivity index (χ1n) is 19.4. The molecule has 49 heavy (non-hydrogen) atoms. The highest BCUT2D eigenvalue weighted by Crippen LogP contribution is 2.38. The molecule has 0 aliphatic carbocycles. The Bertz CT molecular complexity index is 926. The summed E-state index contributed by atoms with van der Waals surface area (Å²) < 4.78 is 34.3. The molecule has 0 N–H and O–H groups in total. The quantitative estimate of drug-likeness (QED) is 0.0212. The van der Waals surface area contributed by atoms with Crippen molar-refractivity contribution in [2.45, 2.75) is 148 Å². The first-order chi connectivity index (χ1) is 23.6. The van der Waals surface area contributed by atoms with Crippen LogP contribution >= 0.6 is 7.82 Å². The molecule has 0 heterocycles. The molecule has 0 aromatic carbocycles. The highest BCUT2D eigenvalue weighted by Gasteiger charge is 2.20. The van der Waals surface area contributed by atoms with Crippen LogP contribution in [-0.4, -0.2) is 70.7 Å². The third-order valence-electron chi connectivity index (χ3n) is 7.89. The van der Waals surface area contributed by atoms with Crippen molar-refractivity contribution in [2.75, 3.05) is 54.1 Å².